The van der Waals surface area contributed by atoms with Gasteiger partial charge in [0.15, 0.2) is 11.5 Å². The highest BCUT2D eigenvalue weighted by Gasteiger charge is 2.30. The lowest BCUT2D eigenvalue weighted by atomic mass is 10.2. The number of anilines is 2. The van der Waals surface area contributed by atoms with Crippen LogP contribution in [0.4, 0.5) is 11.6 Å². The summed E-state index contributed by atoms with van der Waals surface area (Å²) in [7, 11) is -4.07. The molecule has 4 aromatic rings. The maximum atomic E-state index is 13.7. The summed E-state index contributed by atoms with van der Waals surface area (Å²) >= 11 is 0. The number of hydrogen-bond acceptors (Lipinski definition) is 8. The maximum absolute atomic E-state index is 13.7. The van der Waals surface area contributed by atoms with Crippen molar-refractivity contribution in [2.75, 3.05) is 25.1 Å². The van der Waals surface area contributed by atoms with Crippen molar-refractivity contribution in [3.8, 4) is 28.7 Å². The molecule has 1 aliphatic heterocycles. The fourth-order valence-electron chi connectivity index (χ4n) is 3.67. The number of oxazole rings is 1. The number of aromatic nitrogens is 1. The molecule has 0 bridgehead atoms. The van der Waals surface area contributed by atoms with E-state index in [4.69, 9.17) is 18.6 Å². The van der Waals surface area contributed by atoms with Gasteiger partial charge in [0.25, 0.3) is 0 Å². The Labute approximate surface area is 209 Å². The summed E-state index contributed by atoms with van der Waals surface area (Å²) in [5.41, 5.74) is 2.37. The van der Waals surface area contributed by atoms with Crippen molar-refractivity contribution < 1.29 is 27.0 Å². The Morgan fingerprint density at radius 1 is 0.944 bits per heavy atom. The second-order valence-corrected chi connectivity index (χ2v) is 10.2. The Morgan fingerprint density at radius 2 is 1.67 bits per heavy atom. The number of hydrogen-bond donors (Lipinski definition) is 1. The summed E-state index contributed by atoms with van der Waals surface area (Å²) in [6, 6.07) is 19.2. The van der Waals surface area contributed by atoms with Crippen molar-refractivity contribution >= 4 is 21.4 Å². The highest BCUT2D eigenvalue weighted by atomic mass is 32.2. The minimum atomic E-state index is -4.07. The third kappa shape index (κ3) is 4.87. The number of aryl methyl sites for hydroxylation is 1. The van der Waals surface area contributed by atoms with Crippen molar-refractivity contribution in [1.82, 2.24) is 4.98 Å². The molecule has 0 fully saturated rings. The molecule has 0 radical (unpaired) electrons. The molecule has 5 rings (SSSR count). The van der Waals surface area contributed by atoms with Crippen LogP contribution in [0.3, 0.4) is 0 Å². The highest BCUT2D eigenvalue weighted by molar-refractivity contribution is 7.91. The van der Waals surface area contributed by atoms with E-state index in [1.807, 2.05) is 38.1 Å². The molecule has 0 spiro atoms. The molecule has 9 heteroatoms. The average molecular weight is 507 g/mol. The first-order valence-electron chi connectivity index (χ1n) is 11.7. The van der Waals surface area contributed by atoms with Gasteiger partial charge in [-0.25, -0.2) is 8.42 Å². The Bertz CT molecular complexity index is 1460. The van der Waals surface area contributed by atoms with Crippen LogP contribution in [-0.4, -0.2) is 33.2 Å². The molecule has 1 aliphatic rings. The zero-order chi connectivity index (χ0) is 25.1. The van der Waals surface area contributed by atoms with E-state index in [2.05, 4.69) is 10.3 Å². The first-order valence-corrected chi connectivity index (χ1v) is 13.1. The number of benzene rings is 3. The molecule has 186 valence electrons. The van der Waals surface area contributed by atoms with Crippen molar-refractivity contribution in [2.45, 2.75) is 30.2 Å². The van der Waals surface area contributed by atoms with Gasteiger partial charge in [-0.3, -0.25) is 0 Å². The second kappa shape index (κ2) is 9.94. The third-order valence-electron chi connectivity index (χ3n) is 5.56. The number of fused-ring (bicyclic) bond motifs is 1. The van der Waals surface area contributed by atoms with Crippen LogP contribution in [0.1, 0.15) is 18.9 Å². The quantitative estimate of drug-likeness (QED) is 0.321. The Kier molecular flexibility index (Phi) is 6.56. The molecule has 0 saturated carbocycles. The van der Waals surface area contributed by atoms with Crippen LogP contribution in [0.5, 0.6) is 17.2 Å². The predicted octanol–water partition coefficient (Wildman–Crippen LogP) is 5.79. The van der Waals surface area contributed by atoms with Gasteiger partial charge >= 0.3 is 0 Å². The SMILES string of the molecule is CCCOc1ccc(-c2nc(S(=O)(=O)c3ccc4c(c3)OCCO4)c(Nc3ccc(C)cc3)o2)cc1. The van der Waals surface area contributed by atoms with E-state index < -0.39 is 9.84 Å². The van der Waals surface area contributed by atoms with Gasteiger partial charge in [-0.1, -0.05) is 24.6 Å². The number of nitrogens with zero attached hydrogens (tertiary/aromatic N) is 1. The summed E-state index contributed by atoms with van der Waals surface area (Å²) < 4.78 is 50.2. The number of ether oxygens (including phenoxy) is 3. The fraction of sp³-hybridized carbons (Fsp3) is 0.222. The fourth-order valence-corrected chi connectivity index (χ4v) is 4.95. The van der Waals surface area contributed by atoms with Gasteiger partial charge in [-0.15, -0.1) is 0 Å². The topological polar surface area (TPSA) is 99.9 Å². The molecule has 0 amide bonds. The van der Waals surface area contributed by atoms with Crippen LogP contribution in [0.2, 0.25) is 0 Å². The average Bonchev–Trinajstić information content (AvgIpc) is 3.33. The summed E-state index contributed by atoms with van der Waals surface area (Å²) in [5.74, 6) is 1.79. The van der Waals surface area contributed by atoms with Gasteiger partial charge in [0.05, 0.1) is 11.5 Å². The molecule has 3 aromatic carbocycles. The van der Waals surface area contributed by atoms with Crippen molar-refractivity contribution in [3.63, 3.8) is 0 Å². The molecular weight excluding hydrogens is 480 g/mol. The first-order chi connectivity index (χ1) is 17.4. The molecule has 1 aromatic heterocycles. The molecule has 1 N–H and O–H groups in total. The molecule has 36 heavy (non-hydrogen) atoms. The highest BCUT2D eigenvalue weighted by Crippen LogP contribution is 2.38. The smallest absolute Gasteiger partial charge is 0.238 e. The van der Waals surface area contributed by atoms with E-state index in [9.17, 15) is 8.42 Å². The van der Waals surface area contributed by atoms with E-state index in [0.29, 0.717) is 48.3 Å². The first kappa shape index (κ1) is 23.7. The molecular formula is C27H26N2O6S. The Morgan fingerprint density at radius 3 is 2.39 bits per heavy atom. The van der Waals surface area contributed by atoms with Gasteiger partial charge in [-0.05, 0) is 61.9 Å². The minimum absolute atomic E-state index is 0.0232. The summed E-state index contributed by atoms with van der Waals surface area (Å²) in [4.78, 5) is 4.45. The van der Waals surface area contributed by atoms with Crippen LogP contribution >= 0.6 is 0 Å². The minimum Gasteiger partial charge on any atom is -0.494 e. The Hall–Kier alpha value is -3.98. The molecule has 0 aliphatic carbocycles. The zero-order valence-electron chi connectivity index (χ0n) is 20.0. The van der Waals surface area contributed by atoms with Gasteiger partial charge in [0.1, 0.15) is 19.0 Å². The molecule has 0 unspecified atom stereocenters. The van der Waals surface area contributed by atoms with E-state index in [0.717, 1.165) is 12.0 Å². The van der Waals surface area contributed by atoms with Crippen molar-refractivity contribution in [2.24, 2.45) is 0 Å². The Balaban J connectivity index is 1.55. The van der Waals surface area contributed by atoms with Crippen molar-refractivity contribution in [1.29, 1.82) is 0 Å². The van der Waals surface area contributed by atoms with E-state index in [-0.39, 0.29) is 21.7 Å². The molecule has 2 heterocycles. The molecule has 0 saturated heterocycles. The van der Waals surface area contributed by atoms with E-state index in [1.54, 1.807) is 30.3 Å². The number of rotatable bonds is 8. The van der Waals surface area contributed by atoms with Gasteiger partial charge < -0.3 is 23.9 Å². The molecule has 0 atom stereocenters. The van der Waals surface area contributed by atoms with Gasteiger partial charge in [0.2, 0.25) is 26.6 Å². The largest absolute Gasteiger partial charge is 0.494 e. The van der Waals surface area contributed by atoms with Gasteiger partial charge in [0, 0.05) is 17.3 Å². The van der Waals surface area contributed by atoms with E-state index in [1.165, 1.54) is 12.1 Å². The van der Waals surface area contributed by atoms with Crippen LogP contribution < -0.4 is 19.5 Å². The predicted molar refractivity (Wildman–Crippen MR) is 135 cm³/mol. The van der Waals surface area contributed by atoms with E-state index >= 15 is 0 Å². The van der Waals surface area contributed by atoms with Crippen molar-refractivity contribution in [3.05, 3.63) is 72.3 Å². The van der Waals surface area contributed by atoms with Crippen LogP contribution in [0.15, 0.2) is 81.1 Å². The third-order valence-corrected chi connectivity index (χ3v) is 7.22. The zero-order valence-corrected chi connectivity index (χ0v) is 20.8. The van der Waals surface area contributed by atoms with Crippen LogP contribution in [0, 0.1) is 6.92 Å². The lowest BCUT2D eigenvalue weighted by Gasteiger charge is -2.18. The standard InChI is InChI=1S/C27H26N2O6S/c1-3-14-32-21-10-6-19(7-11-21)25-29-27(26(35-25)28-20-8-4-18(2)5-9-20)36(30,31)22-12-13-23-24(17-22)34-16-15-33-23/h4-13,17,28H,3,14-16H2,1-2H3. The number of nitrogens with one attached hydrogen (secondary N) is 1. The summed E-state index contributed by atoms with van der Waals surface area (Å²) in [5, 5.41) is 2.86. The second-order valence-electron chi connectivity index (χ2n) is 8.33. The monoisotopic (exact) mass is 506 g/mol. The van der Waals surface area contributed by atoms with Crippen LogP contribution in [-0.2, 0) is 9.84 Å². The summed E-state index contributed by atoms with van der Waals surface area (Å²) in [6.07, 6.45) is 0.899. The van der Waals surface area contributed by atoms with Gasteiger partial charge in [-0.2, -0.15) is 4.98 Å². The summed E-state index contributed by atoms with van der Waals surface area (Å²) in [6.45, 7) is 5.39. The molecule has 8 nitrogen and oxygen atoms in total. The normalized spacial score (nSPS) is 12.8. The lowest BCUT2D eigenvalue weighted by Crippen LogP contribution is -2.16. The lowest BCUT2D eigenvalue weighted by molar-refractivity contribution is 0.171. The van der Waals surface area contributed by atoms with Crippen LogP contribution in [0.25, 0.3) is 11.5 Å². The number of sulfone groups is 1. The maximum Gasteiger partial charge on any atom is 0.238 e.